The van der Waals surface area contributed by atoms with Crippen LogP contribution in [-0.4, -0.2) is 28.8 Å². The van der Waals surface area contributed by atoms with E-state index in [2.05, 4.69) is 14.7 Å². The Morgan fingerprint density at radius 2 is 2.17 bits per heavy atom. The lowest BCUT2D eigenvalue weighted by atomic mass is 10.2. The SMILES string of the molecule is COC(=O)CSc1nc(N)c2c(C)c(C)oc2n1. The summed E-state index contributed by atoms with van der Waals surface area (Å²) >= 11 is 1.16. The van der Waals surface area contributed by atoms with Gasteiger partial charge in [-0.05, 0) is 13.8 Å². The second kappa shape index (κ2) is 4.85. The second-order valence-electron chi connectivity index (χ2n) is 3.72. The number of fused-ring (bicyclic) bond motifs is 1. The maximum atomic E-state index is 11.0. The number of nitrogens with two attached hydrogens (primary N) is 1. The second-order valence-corrected chi connectivity index (χ2v) is 4.66. The number of aryl methyl sites for hydroxylation is 2. The quantitative estimate of drug-likeness (QED) is 0.514. The Labute approximate surface area is 108 Å². The Hall–Kier alpha value is -1.76. The monoisotopic (exact) mass is 267 g/mol. The number of esters is 1. The molecule has 0 radical (unpaired) electrons. The summed E-state index contributed by atoms with van der Waals surface area (Å²) in [6.45, 7) is 3.75. The van der Waals surface area contributed by atoms with Gasteiger partial charge >= 0.3 is 5.97 Å². The number of carbonyl (C=O) groups excluding carboxylic acids is 1. The summed E-state index contributed by atoms with van der Waals surface area (Å²) in [5, 5.41) is 1.13. The third-order valence-electron chi connectivity index (χ3n) is 2.58. The van der Waals surface area contributed by atoms with Gasteiger partial charge in [0, 0.05) is 5.56 Å². The van der Waals surface area contributed by atoms with E-state index in [0.29, 0.717) is 16.7 Å². The summed E-state index contributed by atoms with van der Waals surface area (Å²) in [7, 11) is 1.33. The molecule has 0 amide bonds. The smallest absolute Gasteiger partial charge is 0.316 e. The maximum absolute atomic E-state index is 11.0. The van der Waals surface area contributed by atoms with E-state index >= 15 is 0 Å². The molecule has 2 rings (SSSR count). The van der Waals surface area contributed by atoms with Crippen molar-refractivity contribution in [3.63, 3.8) is 0 Å². The largest absolute Gasteiger partial charge is 0.468 e. The van der Waals surface area contributed by atoms with Gasteiger partial charge in [0.15, 0.2) is 5.16 Å². The molecule has 2 heterocycles. The highest BCUT2D eigenvalue weighted by atomic mass is 32.2. The first-order chi connectivity index (χ1) is 8.52. The van der Waals surface area contributed by atoms with Crippen LogP contribution in [-0.2, 0) is 9.53 Å². The van der Waals surface area contributed by atoms with Gasteiger partial charge in [-0.25, -0.2) is 4.98 Å². The van der Waals surface area contributed by atoms with E-state index < -0.39 is 0 Å². The minimum Gasteiger partial charge on any atom is -0.468 e. The van der Waals surface area contributed by atoms with Crippen LogP contribution in [0.5, 0.6) is 0 Å². The molecule has 96 valence electrons. The van der Waals surface area contributed by atoms with Crippen LogP contribution < -0.4 is 5.73 Å². The lowest BCUT2D eigenvalue weighted by Gasteiger charge is -2.01. The van der Waals surface area contributed by atoms with Gasteiger partial charge in [0.1, 0.15) is 11.6 Å². The van der Waals surface area contributed by atoms with E-state index in [4.69, 9.17) is 10.2 Å². The first-order valence-corrected chi connectivity index (χ1v) is 6.24. The number of hydrogen-bond acceptors (Lipinski definition) is 7. The van der Waals surface area contributed by atoms with E-state index in [1.165, 1.54) is 7.11 Å². The summed E-state index contributed by atoms with van der Waals surface area (Å²) in [6.07, 6.45) is 0. The molecule has 2 N–H and O–H groups in total. The van der Waals surface area contributed by atoms with E-state index in [-0.39, 0.29) is 11.7 Å². The number of hydrogen-bond donors (Lipinski definition) is 1. The van der Waals surface area contributed by atoms with Crippen LogP contribution in [0.2, 0.25) is 0 Å². The van der Waals surface area contributed by atoms with Crippen molar-refractivity contribution in [3.05, 3.63) is 11.3 Å². The van der Waals surface area contributed by atoms with Gasteiger partial charge in [0.05, 0.1) is 18.2 Å². The molecule has 0 aromatic carbocycles. The molecular weight excluding hydrogens is 254 g/mol. The van der Waals surface area contributed by atoms with Crippen LogP contribution in [0.25, 0.3) is 11.1 Å². The predicted molar refractivity (Wildman–Crippen MR) is 68.4 cm³/mol. The Morgan fingerprint density at radius 3 is 2.83 bits per heavy atom. The highest BCUT2D eigenvalue weighted by Gasteiger charge is 2.15. The van der Waals surface area contributed by atoms with E-state index in [1.54, 1.807) is 0 Å². The third-order valence-corrected chi connectivity index (χ3v) is 3.40. The van der Waals surface area contributed by atoms with Crippen molar-refractivity contribution in [2.75, 3.05) is 18.6 Å². The van der Waals surface area contributed by atoms with Crippen LogP contribution in [0.3, 0.4) is 0 Å². The summed E-state index contributed by atoms with van der Waals surface area (Å²) in [5.74, 6) is 0.928. The van der Waals surface area contributed by atoms with Crippen LogP contribution in [0, 0.1) is 13.8 Å². The Morgan fingerprint density at radius 1 is 1.44 bits per heavy atom. The molecule has 0 atom stereocenters. The number of furan rings is 1. The van der Waals surface area contributed by atoms with Crippen LogP contribution >= 0.6 is 11.8 Å². The van der Waals surface area contributed by atoms with Gasteiger partial charge in [-0.3, -0.25) is 4.79 Å². The van der Waals surface area contributed by atoms with Gasteiger partial charge in [-0.15, -0.1) is 0 Å². The zero-order chi connectivity index (χ0) is 13.3. The third kappa shape index (κ3) is 2.26. The number of carbonyl (C=O) groups is 1. The highest BCUT2D eigenvalue weighted by molar-refractivity contribution is 7.99. The zero-order valence-corrected chi connectivity index (χ0v) is 11.1. The summed E-state index contributed by atoms with van der Waals surface area (Å²) in [6, 6.07) is 0. The molecule has 0 saturated heterocycles. The molecule has 0 fully saturated rings. The van der Waals surface area contributed by atoms with Gasteiger partial charge in [-0.1, -0.05) is 11.8 Å². The summed E-state index contributed by atoms with van der Waals surface area (Å²) in [5.41, 5.74) is 7.26. The highest BCUT2D eigenvalue weighted by Crippen LogP contribution is 2.29. The number of rotatable bonds is 3. The molecule has 18 heavy (non-hydrogen) atoms. The first-order valence-electron chi connectivity index (χ1n) is 5.25. The predicted octanol–water partition coefficient (Wildman–Crippen LogP) is 1.69. The number of methoxy groups -OCH3 is 1. The fraction of sp³-hybridized carbons (Fsp3) is 0.364. The van der Waals surface area contributed by atoms with Gasteiger partial charge in [0.25, 0.3) is 0 Å². The molecule has 0 aliphatic heterocycles. The van der Waals surface area contributed by atoms with Crippen molar-refractivity contribution in [1.82, 2.24) is 9.97 Å². The lowest BCUT2D eigenvalue weighted by Crippen LogP contribution is -2.04. The number of nitrogens with zero attached hydrogens (tertiary/aromatic N) is 2. The number of ether oxygens (including phenoxy) is 1. The molecule has 0 spiro atoms. The molecule has 0 bridgehead atoms. The Bertz CT molecular complexity index is 609. The van der Waals surface area contributed by atoms with Gasteiger partial charge in [-0.2, -0.15) is 4.98 Å². The van der Waals surface area contributed by atoms with Crippen molar-refractivity contribution in [3.8, 4) is 0 Å². The number of nitrogen functional groups attached to an aromatic ring is 1. The van der Waals surface area contributed by atoms with Crippen molar-refractivity contribution < 1.29 is 13.9 Å². The van der Waals surface area contributed by atoms with Crippen LogP contribution in [0.1, 0.15) is 11.3 Å². The van der Waals surface area contributed by atoms with Crippen molar-refractivity contribution in [2.45, 2.75) is 19.0 Å². The molecule has 0 aliphatic carbocycles. The fourth-order valence-corrected chi connectivity index (χ4v) is 2.18. The molecule has 6 nitrogen and oxygen atoms in total. The van der Waals surface area contributed by atoms with Gasteiger partial charge < -0.3 is 14.9 Å². The molecule has 2 aromatic heterocycles. The van der Waals surface area contributed by atoms with Crippen LogP contribution in [0.15, 0.2) is 9.57 Å². The van der Waals surface area contributed by atoms with E-state index in [1.807, 2.05) is 13.8 Å². The lowest BCUT2D eigenvalue weighted by molar-refractivity contribution is -0.137. The minimum atomic E-state index is -0.339. The molecule has 0 saturated carbocycles. The average Bonchev–Trinajstić information content (AvgIpc) is 2.62. The number of aromatic nitrogens is 2. The van der Waals surface area contributed by atoms with E-state index in [9.17, 15) is 4.79 Å². The first kappa shape index (κ1) is 12.7. The Kier molecular flexibility index (Phi) is 3.42. The summed E-state index contributed by atoms with van der Waals surface area (Å²) in [4.78, 5) is 19.4. The number of thioether (sulfide) groups is 1. The topological polar surface area (TPSA) is 91.2 Å². The molecule has 7 heteroatoms. The molecule has 2 aromatic rings. The number of anilines is 1. The molecular formula is C11H13N3O3S. The standard InChI is InChI=1S/C11H13N3O3S/c1-5-6(2)17-10-8(5)9(12)13-11(14-10)18-4-7(15)16-3/h4H2,1-3H3,(H2,12,13,14). The van der Waals surface area contributed by atoms with Crippen molar-refractivity contribution in [1.29, 1.82) is 0 Å². The average molecular weight is 267 g/mol. The normalized spacial score (nSPS) is 10.8. The Balaban J connectivity index is 2.34. The minimum absolute atomic E-state index is 0.139. The van der Waals surface area contributed by atoms with Crippen molar-refractivity contribution in [2.24, 2.45) is 0 Å². The summed E-state index contributed by atoms with van der Waals surface area (Å²) < 4.78 is 10.0. The van der Waals surface area contributed by atoms with Crippen LogP contribution in [0.4, 0.5) is 5.82 Å². The zero-order valence-electron chi connectivity index (χ0n) is 10.3. The fourth-order valence-electron chi connectivity index (χ4n) is 1.51. The van der Waals surface area contributed by atoms with E-state index in [0.717, 1.165) is 28.5 Å². The molecule has 0 unspecified atom stereocenters. The van der Waals surface area contributed by atoms with Gasteiger partial charge in [0.2, 0.25) is 5.71 Å². The maximum Gasteiger partial charge on any atom is 0.316 e. The van der Waals surface area contributed by atoms with Crippen molar-refractivity contribution >= 4 is 34.6 Å². The molecule has 0 aliphatic rings.